The quantitative estimate of drug-likeness (QED) is 0.349. The number of carbonyl (C=O) groups is 1. The molecule has 1 aliphatic heterocycles. The van der Waals surface area contributed by atoms with Crippen LogP contribution in [0, 0.1) is 29.4 Å². The van der Waals surface area contributed by atoms with Crippen molar-refractivity contribution in [2.75, 3.05) is 0 Å². The summed E-state index contributed by atoms with van der Waals surface area (Å²) >= 11 is 1.11. The fourth-order valence-corrected chi connectivity index (χ4v) is 3.93. The molecule has 9 nitrogen and oxygen atoms in total. The average Bonchev–Trinajstić information content (AvgIpc) is 3.20. The van der Waals surface area contributed by atoms with Gasteiger partial charge in [0.25, 0.3) is 11.6 Å². The summed E-state index contributed by atoms with van der Waals surface area (Å²) in [5.74, 6) is 0.548. The Balaban J connectivity index is 1.56. The van der Waals surface area contributed by atoms with Crippen LogP contribution < -0.4 is 10.1 Å². The number of nitro groups is 1. The predicted molar refractivity (Wildman–Crippen MR) is 118 cm³/mol. The van der Waals surface area contributed by atoms with E-state index in [9.17, 15) is 14.9 Å². The number of aryl methyl sites for hydroxylation is 1. The first-order valence-corrected chi connectivity index (χ1v) is 10.0. The maximum absolute atomic E-state index is 11.9. The van der Waals surface area contributed by atoms with Gasteiger partial charge >= 0.3 is 0 Å². The molecular weight excluding hydrogens is 418 g/mol. The van der Waals surface area contributed by atoms with Gasteiger partial charge in [-0.1, -0.05) is 0 Å². The van der Waals surface area contributed by atoms with Crippen molar-refractivity contribution in [3.63, 3.8) is 0 Å². The van der Waals surface area contributed by atoms with Crippen molar-refractivity contribution in [3.05, 3.63) is 80.6 Å². The summed E-state index contributed by atoms with van der Waals surface area (Å²) in [7, 11) is 0. The summed E-state index contributed by atoms with van der Waals surface area (Å²) in [6.45, 7) is 3.94. The van der Waals surface area contributed by atoms with E-state index >= 15 is 0 Å². The molecule has 1 aromatic carbocycles. The number of ether oxygens (including phenoxy) is 1. The molecule has 0 aliphatic carbocycles. The molecule has 0 unspecified atom stereocenters. The number of pyridine rings is 1. The lowest BCUT2D eigenvalue weighted by Crippen LogP contribution is -2.18. The molecule has 1 fully saturated rings. The van der Waals surface area contributed by atoms with Crippen LogP contribution in [0.25, 0.3) is 11.8 Å². The fraction of sp³-hybridized carbons (Fsp3) is 0.0952. The molecule has 4 rings (SSSR count). The van der Waals surface area contributed by atoms with E-state index in [1.165, 1.54) is 12.1 Å². The molecule has 1 amide bonds. The minimum absolute atomic E-state index is 0.0997. The first-order valence-electron chi connectivity index (χ1n) is 9.19. The van der Waals surface area contributed by atoms with Gasteiger partial charge in [0.15, 0.2) is 5.17 Å². The Morgan fingerprint density at radius 2 is 1.97 bits per heavy atom. The van der Waals surface area contributed by atoms with E-state index in [1.54, 1.807) is 18.2 Å². The molecular formula is C21H17N5O4S. The normalized spacial score (nSPS) is 14.7. The molecule has 0 radical (unpaired) electrons. The zero-order valence-corrected chi connectivity index (χ0v) is 17.4. The molecule has 2 aromatic heterocycles. The van der Waals surface area contributed by atoms with Gasteiger partial charge in [0.05, 0.1) is 9.83 Å². The fourth-order valence-electron chi connectivity index (χ4n) is 3.24. The van der Waals surface area contributed by atoms with Crippen LogP contribution in [-0.2, 0) is 4.79 Å². The van der Waals surface area contributed by atoms with Crippen LogP contribution in [-0.4, -0.2) is 25.5 Å². The molecule has 3 heterocycles. The van der Waals surface area contributed by atoms with E-state index in [1.807, 2.05) is 32.0 Å². The number of aromatic nitrogens is 2. The Kier molecular flexibility index (Phi) is 5.30. The van der Waals surface area contributed by atoms with Gasteiger partial charge in [0.1, 0.15) is 11.9 Å². The molecule has 0 spiro atoms. The molecule has 1 saturated heterocycles. The number of benzene rings is 1. The molecule has 1 aliphatic rings. The number of amides is 1. The van der Waals surface area contributed by atoms with Gasteiger partial charge in [-0.2, -0.15) is 0 Å². The van der Waals surface area contributed by atoms with Gasteiger partial charge in [0, 0.05) is 29.2 Å². The second-order valence-electron chi connectivity index (χ2n) is 6.76. The van der Waals surface area contributed by atoms with Crippen LogP contribution in [0.1, 0.15) is 17.0 Å². The minimum Gasteiger partial charge on any atom is -0.439 e. The Labute approximate surface area is 181 Å². The highest BCUT2D eigenvalue weighted by molar-refractivity contribution is 8.18. The number of carbonyl (C=O) groups excluding carboxylic acids is 1. The van der Waals surface area contributed by atoms with E-state index in [0.29, 0.717) is 10.7 Å². The standard InChI is InChI=1S/C21H17N5O4S/c1-12-9-14(10-18-20(27)24-21(22)31-18)13(2)25(12)15-3-6-17(7-4-15)30-19-8-5-16(11-23-19)26(28)29/h3-11H,1-2H3,(H2,22,24,27). The first kappa shape index (κ1) is 20.4. The van der Waals surface area contributed by atoms with Crippen molar-refractivity contribution >= 4 is 34.6 Å². The van der Waals surface area contributed by atoms with Gasteiger partial charge in [-0.25, -0.2) is 4.98 Å². The molecule has 156 valence electrons. The van der Waals surface area contributed by atoms with Crippen molar-refractivity contribution in [2.24, 2.45) is 0 Å². The molecule has 3 aromatic rings. The summed E-state index contributed by atoms with van der Waals surface area (Å²) < 4.78 is 7.72. The molecule has 31 heavy (non-hydrogen) atoms. The second kappa shape index (κ2) is 8.07. The third-order valence-corrected chi connectivity index (χ3v) is 5.50. The third-order valence-electron chi connectivity index (χ3n) is 4.67. The number of rotatable bonds is 5. The van der Waals surface area contributed by atoms with Gasteiger partial charge in [0.2, 0.25) is 5.88 Å². The number of nitrogens with zero attached hydrogens (tertiary/aromatic N) is 3. The van der Waals surface area contributed by atoms with Crippen LogP contribution in [0.5, 0.6) is 11.6 Å². The monoisotopic (exact) mass is 435 g/mol. The van der Waals surface area contributed by atoms with E-state index in [0.717, 1.165) is 40.6 Å². The molecule has 0 bridgehead atoms. The lowest BCUT2D eigenvalue weighted by molar-refractivity contribution is -0.385. The van der Waals surface area contributed by atoms with Crippen molar-refractivity contribution in [1.29, 1.82) is 5.41 Å². The number of hydrogen-bond donors (Lipinski definition) is 2. The van der Waals surface area contributed by atoms with Crippen LogP contribution in [0.2, 0.25) is 0 Å². The van der Waals surface area contributed by atoms with Gasteiger partial charge in [-0.15, -0.1) is 0 Å². The molecule has 10 heteroatoms. The predicted octanol–water partition coefficient (Wildman–Crippen LogP) is 4.33. The van der Waals surface area contributed by atoms with Crippen molar-refractivity contribution in [2.45, 2.75) is 13.8 Å². The smallest absolute Gasteiger partial charge is 0.287 e. The van der Waals surface area contributed by atoms with E-state index in [2.05, 4.69) is 14.9 Å². The topological polar surface area (TPSA) is 123 Å². The highest BCUT2D eigenvalue weighted by Gasteiger charge is 2.23. The molecule has 0 atom stereocenters. The highest BCUT2D eigenvalue weighted by atomic mass is 32.2. The van der Waals surface area contributed by atoms with Crippen LogP contribution in [0.4, 0.5) is 5.69 Å². The Hall–Kier alpha value is -3.92. The van der Waals surface area contributed by atoms with E-state index in [4.69, 9.17) is 10.1 Å². The minimum atomic E-state index is -0.514. The number of amidine groups is 1. The van der Waals surface area contributed by atoms with Gasteiger partial charge in [-0.3, -0.25) is 20.3 Å². The Bertz CT molecular complexity index is 1230. The summed E-state index contributed by atoms with van der Waals surface area (Å²) in [6, 6.07) is 12.1. The molecule has 0 saturated carbocycles. The largest absolute Gasteiger partial charge is 0.439 e. The van der Waals surface area contributed by atoms with E-state index < -0.39 is 4.92 Å². The van der Waals surface area contributed by atoms with Crippen LogP contribution >= 0.6 is 11.8 Å². The maximum atomic E-state index is 11.9. The van der Waals surface area contributed by atoms with Crippen LogP contribution in [0.3, 0.4) is 0 Å². The summed E-state index contributed by atoms with van der Waals surface area (Å²) in [5, 5.41) is 20.9. The Morgan fingerprint density at radius 3 is 2.55 bits per heavy atom. The zero-order valence-electron chi connectivity index (χ0n) is 16.6. The molecule has 2 N–H and O–H groups in total. The summed E-state index contributed by atoms with van der Waals surface area (Å²) in [5.41, 5.74) is 3.67. The highest BCUT2D eigenvalue weighted by Crippen LogP contribution is 2.29. The van der Waals surface area contributed by atoms with Gasteiger partial charge < -0.3 is 14.6 Å². The first-order chi connectivity index (χ1) is 14.8. The lowest BCUT2D eigenvalue weighted by Gasteiger charge is -2.11. The number of nitrogens with one attached hydrogen (secondary N) is 2. The Morgan fingerprint density at radius 1 is 1.23 bits per heavy atom. The van der Waals surface area contributed by atoms with Gasteiger partial charge in [-0.05, 0) is 67.6 Å². The van der Waals surface area contributed by atoms with Crippen LogP contribution in [0.15, 0.2) is 53.6 Å². The van der Waals surface area contributed by atoms with Crippen molar-refractivity contribution in [1.82, 2.24) is 14.9 Å². The summed E-state index contributed by atoms with van der Waals surface area (Å²) in [4.78, 5) is 26.5. The number of thioether (sulfide) groups is 1. The van der Waals surface area contributed by atoms with E-state index in [-0.39, 0.29) is 22.6 Å². The third kappa shape index (κ3) is 4.19. The van der Waals surface area contributed by atoms with Crippen molar-refractivity contribution < 1.29 is 14.5 Å². The number of hydrogen-bond acceptors (Lipinski definition) is 7. The summed E-state index contributed by atoms with van der Waals surface area (Å²) in [6.07, 6.45) is 2.94. The lowest BCUT2D eigenvalue weighted by atomic mass is 10.2. The maximum Gasteiger partial charge on any atom is 0.287 e. The SMILES string of the molecule is Cc1cc(C=C2SC(=N)NC2=O)c(C)n1-c1ccc(Oc2ccc([N+](=O)[O-])cn2)cc1. The second-order valence-corrected chi connectivity index (χ2v) is 7.82. The van der Waals surface area contributed by atoms with Crippen molar-refractivity contribution in [3.8, 4) is 17.3 Å². The average molecular weight is 435 g/mol. The zero-order chi connectivity index (χ0) is 22.1.